The molecule has 0 amide bonds. The zero-order valence-electron chi connectivity index (χ0n) is 11.4. The lowest BCUT2D eigenvalue weighted by atomic mass is 10.2. The molecule has 0 unspecified atom stereocenters. The van der Waals surface area contributed by atoms with E-state index in [1.807, 2.05) is 0 Å². The number of benzene rings is 1. The largest absolute Gasteiger partial charge is 0.496 e. The molecule has 0 fully saturated rings. The van der Waals surface area contributed by atoms with Gasteiger partial charge in [-0.15, -0.1) is 0 Å². The summed E-state index contributed by atoms with van der Waals surface area (Å²) in [6.07, 6.45) is 1.49. The third kappa shape index (κ3) is 3.98. The van der Waals surface area contributed by atoms with Gasteiger partial charge in [-0.2, -0.15) is 0 Å². The lowest BCUT2D eigenvalue weighted by Crippen LogP contribution is -2.04. The Morgan fingerprint density at radius 2 is 2.10 bits per heavy atom. The topological polar surface area (TPSA) is 87.9 Å². The summed E-state index contributed by atoms with van der Waals surface area (Å²) < 4.78 is 14.7. The predicted octanol–water partition coefficient (Wildman–Crippen LogP) is 2.10. The summed E-state index contributed by atoms with van der Waals surface area (Å²) in [5.41, 5.74) is 0.164. The van der Waals surface area contributed by atoms with Crippen LogP contribution in [0.4, 0.5) is 5.69 Å². The van der Waals surface area contributed by atoms with E-state index in [0.29, 0.717) is 11.3 Å². The van der Waals surface area contributed by atoms with Gasteiger partial charge in [0.25, 0.3) is 0 Å². The van der Waals surface area contributed by atoms with Crippen LogP contribution >= 0.6 is 0 Å². The van der Waals surface area contributed by atoms with E-state index in [4.69, 9.17) is 9.47 Å². The van der Waals surface area contributed by atoms with E-state index in [9.17, 15) is 14.9 Å². The van der Waals surface area contributed by atoms with Gasteiger partial charge >= 0.3 is 11.7 Å². The first-order valence-corrected chi connectivity index (χ1v) is 5.70. The molecule has 1 aromatic rings. The Labute approximate surface area is 115 Å². The Morgan fingerprint density at radius 1 is 1.40 bits per heavy atom. The summed E-state index contributed by atoms with van der Waals surface area (Å²) in [4.78, 5) is 21.5. The molecule has 0 spiro atoms. The Bertz CT molecular complexity index is 538. The van der Waals surface area contributed by atoms with Crippen LogP contribution in [0.2, 0.25) is 0 Å². The van der Waals surface area contributed by atoms with Gasteiger partial charge in [-0.1, -0.05) is 0 Å². The lowest BCUT2D eigenvalue weighted by Gasteiger charge is -2.06. The molecule has 0 saturated carbocycles. The fourth-order valence-electron chi connectivity index (χ4n) is 1.39. The van der Waals surface area contributed by atoms with Crippen molar-refractivity contribution in [1.82, 2.24) is 0 Å². The molecule has 1 rings (SSSR count). The molecule has 7 nitrogen and oxygen atoms in total. The van der Waals surface area contributed by atoms with Gasteiger partial charge in [-0.3, -0.25) is 10.1 Å². The molecule has 7 heteroatoms. The first-order valence-electron chi connectivity index (χ1n) is 5.70. The smallest absolute Gasteiger partial charge is 0.333 e. The van der Waals surface area contributed by atoms with Gasteiger partial charge in [0.1, 0.15) is 12.4 Å². The highest BCUT2D eigenvalue weighted by atomic mass is 16.6. The van der Waals surface area contributed by atoms with Crippen LogP contribution in [0.15, 0.2) is 29.8 Å². The fraction of sp³-hybridized carbons (Fsp3) is 0.308. The molecule has 0 N–H and O–H groups in total. The predicted molar refractivity (Wildman–Crippen MR) is 70.9 cm³/mol. The van der Waals surface area contributed by atoms with Crippen molar-refractivity contribution >= 4 is 11.7 Å². The van der Waals surface area contributed by atoms with E-state index >= 15 is 0 Å². The lowest BCUT2D eigenvalue weighted by molar-refractivity contribution is -0.385. The normalized spacial score (nSPS) is 10.8. The summed E-state index contributed by atoms with van der Waals surface area (Å²) in [6.45, 7) is 1.59. The monoisotopic (exact) mass is 281 g/mol. The quantitative estimate of drug-likeness (QED) is 0.343. The van der Waals surface area contributed by atoms with Crippen LogP contribution < -0.4 is 9.47 Å². The second-order valence-corrected chi connectivity index (χ2v) is 3.78. The number of hydrogen-bond donors (Lipinski definition) is 0. The van der Waals surface area contributed by atoms with Gasteiger partial charge < -0.3 is 14.2 Å². The summed E-state index contributed by atoms with van der Waals surface area (Å²) in [5.74, 6) is -0.00659. The minimum atomic E-state index is -0.561. The van der Waals surface area contributed by atoms with E-state index in [-0.39, 0.29) is 18.0 Å². The molecule has 108 valence electrons. The molecule has 0 aliphatic rings. The first kappa shape index (κ1) is 15.5. The van der Waals surface area contributed by atoms with Crippen molar-refractivity contribution in [3.63, 3.8) is 0 Å². The zero-order chi connectivity index (χ0) is 15.1. The van der Waals surface area contributed by atoms with E-state index < -0.39 is 10.9 Å². The molecule has 0 atom stereocenters. The third-order valence-electron chi connectivity index (χ3n) is 2.50. The van der Waals surface area contributed by atoms with Gasteiger partial charge in [0.2, 0.25) is 0 Å². The third-order valence-corrected chi connectivity index (χ3v) is 2.50. The highest BCUT2D eigenvalue weighted by molar-refractivity contribution is 5.87. The second kappa shape index (κ2) is 7.13. The van der Waals surface area contributed by atoms with Crippen LogP contribution in [-0.2, 0) is 9.53 Å². The number of ether oxygens (including phenoxy) is 3. The minimum Gasteiger partial charge on any atom is -0.496 e. The van der Waals surface area contributed by atoms with Gasteiger partial charge in [-0.25, -0.2) is 4.79 Å². The molecule has 0 aromatic heterocycles. The summed E-state index contributed by atoms with van der Waals surface area (Å²) in [6, 6.07) is 4.27. The maximum absolute atomic E-state index is 11.1. The van der Waals surface area contributed by atoms with Crippen LogP contribution in [0.3, 0.4) is 0 Å². The molecular weight excluding hydrogens is 266 g/mol. The fourth-order valence-corrected chi connectivity index (χ4v) is 1.39. The van der Waals surface area contributed by atoms with Crippen molar-refractivity contribution in [3.8, 4) is 11.5 Å². The molecule has 0 bridgehead atoms. The number of carbonyl (C=O) groups is 1. The highest BCUT2D eigenvalue weighted by Crippen LogP contribution is 2.30. The van der Waals surface area contributed by atoms with E-state index in [2.05, 4.69) is 4.74 Å². The maximum Gasteiger partial charge on any atom is 0.333 e. The van der Waals surface area contributed by atoms with E-state index in [1.54, 1.807) is 13.0 Å². The number of hydrogen-bond acceptors (Lipinski definition) is 6. The standard InChI is InChI=1S/C13H15NO6/c1-9(13(15)19-3)6-7-20-12-5-4-10(18-2)8-11(12)14(16)17/h4-6,8H,7H2,1-3H3. The van der Waals surface area contributed by atoms with E-state index in [1.165, 1.54) is 32.4 Å². The molecule has 0 aliphatic heterocycles. The molecule has 0 heterocycles. The van der Waals surface area contributed by atoms with Crippen molar-refractivity contribution in [1.29, 1.82) is 0 Å². The first-order chi connectivity index (χ1) is 9.49. The number of nitro groups is 1. The minimum absolute atomic E-state index is 0.0219. The number of rotatable bonds is 6. The number of esters is 1. The zero-order valence-corrected chi connectivity index (χ0v) is 11.4. The SMILES string of the molecule is COC(=O)C(C)=CCOc1ccc(OC)cc1[N+](=O)[O-]. The second-order valence-electron chi connectivity index (χ2n) is 3.78. The number of nitro benzene ring substituents is 1. The molecule has 0 radical (unpaired) electrons. The van der Waals surface area contributed by atoms with E-state index in [0.717, 1.165) is 0 Å². The number of carbonyl (C=O) groups excluding carboxylic acids is 1. The summed E-state index contributed by atoms with van der Waals surface area (Å²) in [5, 5.41) is 10.9. The van der Waals surface area contributed by atoms with Crippen LogP contribution in [-0.4, -0.2) is 31.7 Å². The van der Waals surface area contributed by atoms with Crippen molar-refractivity contribution in [2.45, 2.75) is 6.92 Å². The Balaban J connectivity index is 2.83. The average Bonchev–Trinajstić information content (AvgIpc) is 2.46. The van der Waals surface area contributed by atoms with Crippen molar-refractivity contribution in [2.75, 3.05) is 20.8 Å². The number of methoxy groups -OCH3 is 2. The number of nitrogens with zero attached hydrogens (tertiary/aromatic N) is 1. The van der Waals surface area contributed by atoms with Crippen molar-refractivity contribution in [2.24, 2.45) is 0 Å². The molecule has 1 aromatic carbocycles. The van der Waals surface area contributed by atoms with Crippen LogP contribution in [0, 0.1) is 10.1 Å². The molecule has 0 saturated heterocycles. The van der Waals surface area contributed by atoms with Crippen molar-refractivity contribution < 1.29 is 23.9 Å². The molecule has 0 aliphatic carbocycles. The Morgan fingerprint density at radius 3 is 2.65 bits per heavy atom. The van der Waals surface area contributed by atoms with Gasteiger partial charge in [0.05, 0.1) is 25.2 Å². The highest BCUT2D eigenvalue weighted by Gasteiger charge is 2.16. The summed E-state index contributed by atoms with van der Waals surface area (Å²) >= 11 is 0. The Kier molecular flexibility index (Phi) is 5.52. The van der Waals surface area contributed by atoms with Gasteiger partial charge in [0.15, 0.2) is 5.75 Å². The molecule has 20 heavy (non-hydrogen) atoms. The average molecular weight is 281 g/mol. The molecular formula is C13H15NO6. The Hall–Kier alpha value is -2.57. The van der Waals surface area contributed by atoms with Crippen molar-refractivity contribution in [3.05, 3.63) is 40.0 Å². The van der Waals surface area contributed by atoms with Crippen LogP contribution in [0.25, 0.3) is 0 Å². The maximum atomic E-state index is 11.1. The summed E-state index contributed by atoms with van der Waals surface area (Å²) in [7, 11) is 2.69. The van der Waals surface area contributed by atoms with Gasteiger partial charge in [0, 0.05) is 5.57 Å². The van der Waals surface area contributed by atoms with Crippen LogP contribution in [0.5, 0.6) is 11.5 Å². The van der Waals surface area contributed by atoms with Gasteiger partial charge in [-0.05, 0) is 25.1 Å². The van der Waals surface area contributed by atoms with Crippen LogP contribution in [0.1, 0.15) is 6.92 Å².